The zero-order chi connectivity index (χ0) is 14.1. The van der Waals surface area contributed by atoms with Gasteiger partial charge in [0.25, 0.3) is 0 Å². The molecule has 3 heterocycles. The third-order valence-electron chi connectivity index (χ3n) is 3.40. The summed E-state index contributed by atoms with van der Waals surface area (Å²) < 4.78 is 1.78. The van der Waals surface area contributed by atoms with E-state index < -0.39 is 0 Å². The molecular formula is C15H16N4O. The van der Waals surface area contributed by atoms with Crippen LogP contribution < -0.4 is 0 Å². The Hall–Kier alpha value is -2.40. The summed E-state index contributed by atoms with van der Waals surface area (Å²) in [6.45, 7) is 2.00. The van der Waals surface area contributed by atoms with Crippen molar-refractivity contribution in [1.82, 2.24) is 19.7 Å². The Kier molecular flexibility index (Phi) is 3.12. The van der Waals surface area contributed by atoms with Crippen molar-refractivity contribution in [3.05, 3.63) is 42.5 Å². The lowest BCUT2D eigenvalue weighted by Gasteiger charge is -2.02. The molecule has 3 aromatic heterocycles. The lowest BCUT2D eigenvalue weighted by atomic mass is 10.1. The second-order valence-electron chi connectivity index (χ2n) is 4.79. The lowest BCUT2D eigenvalue weighted by molar-refractivity contribution is 0.343. The summed E-state index contributed by atoms with van der Waals surface area (Å²) in [5, 5.41) is 14.3. The predicted octanol–water partition coefficient (Wildman–Crippen LogP) is 2.36. The first-order valence-electron chi connectivity index (χ1n) is 6.43. The summed E-state index contributed by atoms with van der Waals surface area (Å²) in [6.07, 6.45) is 9.35. The largest absolute Gasteiger partial charge is 0.392 e. The molecule has 102 valence electrons. The second-order valence-corrected chi connectivity index (χ2v) is 4.79. The van der Waals surface area contributed by atoms with Crippen molar-refractivity contribution >= 4 is 16.6 Å². The maximum atomic E-state index is 8.99. The van der Waals surface area contributed by atoms with Gasteiger partial charge in [-0.25, -0.2) is 4.98 Å². The van der Waals surface area contributed by atoms with Gasteiger partial charge in [-0.05, 0) is 24.1 Å². The van der Waals surface area contributed by atoms with Crippen LogP contribution in [0.5, 0.6) is 0 Å². The van der Waals surface area contributed by atoms with E-state index in [2.05, 4.69) is 21.1 Å². The molecular weight excluding hydrogens is 252 g/mol. The minimum absolute atomic E-state index is 0.0342. The first kappa shape index (κ1) is 12.6. The van der Waals surface area contributed by atoms with Crippen LogP contribution in [-0.2, 0) is 7.05 Å². The minimum Gasteiger partial charge on any atom is -0.392 e. The highest BCUT2D eigenvalue weighted by atomic mass is 16.2. The molecule has 0 saturated heterocycles. The molecule has 20 heavy (non-hydrogen) atoms. The molecule has 3 rings (SSSR count). The van der Waals surface area contributed by atoms with E-state index in [9.17, 15) is 0 Å². The van der Waals surface area contributed by atoms with E-state index in [4.69, 9.17) is 5.11 Å². The van der Waals surface area contributed by atoms with Crippen molar-refractivity contribution in [2.24, 2.45) is 7.05 Å². The van der Waals surface area contributed by atoms with Crippen LogP contribution in [0.4, 0.5) is 0 Å². The maximum Gasteiger partial charge on any atom is 0.137 e. The summed E-state index contributed by atoms with van der Waals surface area (Å²) in [5.74, 6) is 0. The highest BCUT2D eigenvalue weighted by Crippen LogP contribution is 2.29. The number of nitrogens with zero attached hydrogens (tertiary/aromatic N) is 3. The Morgan fingerprint density at radius 1 is 1.45 bits per heavy atom. The van der Waals surface area contributed by atoms with Gasteiger partial charge in [0.2, 0.25) is 0 Å². The molecule has 0 aromatic carbocycles. The zero-order valence-corrected chi connectivity index (χ0v) is 11.5. The molecule has 0 aliphatic carbocycles. The van der Waals surface area contributed by atoms with Gasteiger partial charge >= 0.3 is 0 Å². The first-order valence-corrected chi connectivity index (χ1v) is 6.43. The molecule has 0 aliphatic rings. The third-order valence-corrected chi connectivity index (χ3v) is 3.40. The highest BCUT2D eigenvalue weighted by molar-refractivity contribution is 5.94. The van der Waals surface area contributed by atoms with Gasteiger partial charge < -0.3 is 10.1 Å². The van der Waals surface area contributed by atoms with Gasteiger partial charge in [0.05, 0.1) is 12.8 Å². The molecule has 0 amide bonds. The Labute approximate surface area is 116 Å². The number of aromatic amines is 1. The fourth-order valence-electron chi connectivity index (χ4n) is 2.27. The van der Waals surface area contributed by atoms with E-state index in [-0.39, 0.29) is 6.61 Å². The Bertz CT molecular complexity index is 782. The molecule has 0 radical (unpaired) electrons. The average Bonchev–Trinajstić information content (AvgIpc) is 3.04. The van der Waals surface area contributed by atoms with Gasteiger partial charge in [-0.2, -0.15) is 5.10 Å². The average molecular weight is 268 g/mol. The van der Waals surface area contributed by atoms with Gasteiger partial charge in [0.1, 0.15) is 5.65 Å². The molecule has 3 aromatic rings. The number of nitrogens with one attached hydrogen (secondary N) is 1. The molecule has 0 aliphatic heterocycles. The van der Waals surface area contributed by atoms with Crippen molar-refractivity contribution in [3.63, 3.8) is 0 Å². The fourth-order valence-corrected chi connectivity index (χ4v) is 2.27. The van der Waals surface area contributed by atoms with Gasteiger partial charge in [-0.15, -0.1) is 0 Å². The Morgan fingerprint density at radius 2 is 2.30 bits per heavy atom. The molecule has 0 atom stereocenters. The minimum atomic E-state index is 0.0342. The van der Waals surface area contributed by atoms with E-state index in [1.165, 1.54) is 0 Å². The van der Waals surface area contributed by atoms with Crippen LogP contribution in [-0.4, -0.2) is 31.5 Å². The Balaban J connectivity index is 2.15. The predicted molar refractivity (Wildman–Crippen MR) is 79.0 cm³/mol. The van der Waals surface area contributed by atoms with Crippen LogP contribution in [0.15, 0.2) is 36.9 Å². The number of allylic oxidation sites excluding steroid dienone is 1. The summed E-state index contributed by atoms with van der Waals surface area (Å²) in [5.41, 5.74) is 5.02. The number of hydrogen-bond donors (Lipinski definition) is 2. The molecule has 0 bridgehead atoms. The van der Waals surface area contributed by atoms with Crippen molar-refractivity contribution in [2.45, 2.75) is 6.92 Å². The van der Waals surface area contributed by atoms with E-state index in [0.717, 1.165) is 33.3 Å². The van der Waals surface area contributed by atoms with Crippen molar-refractivity contribution < 1.29 is 5.11 Å². The number of aliphatic hydroxyl groups is 1. The van der Waals surface area contributed by atoms with Crippen molar-refractivity contribution in [2.75, 3.05) is 6.61 Å². The molecule has 5 heteroatoms. The van der Waals surface area contributed by atoms with E-state index in [1.54, 1.807) is 10.8 Å². The van der Waals surface area contributed by atoms with Crippen LogP contribution in [0, 0.1) is 0 Å². The van der Waals surface area contributed by atoms with Crippen LogP contribution in [0.25, 0.3) is 27.7 Å². The van der Waals surface area contributed by atoms with Crippen molar-refractivity contribution in [3.8, 4) is 11.1 Å². The van der Waals surface area contributed by atoms with Crippen molar-refractivity contribution in [1.29, 1.82) is 0 Å². The topological polar surface area (TPSA) is 66.7 Å². The molecule has 5 nitrogen and oxygen atoms in total. The van der Waals surface area contributed by atoms with Gasteiger partial charge in [0.15, 0.2) is 0 Å². The lowest BCUT2D eigenvalue weighted by Crippen LogP contribution is -1.86. The summed E-state index contributed by atoms with van der Waals surface area (Å²) in [6, 6.07) is 2.09. The molecule has 0 unspecified atom stereocenters. The number of aromatic nitrogens is 4. The van der Waals surface area contributed by atoms with Crippen LogP contribution in [0.3, 0.4) is 0 Å². The van der Waals surface area contributed by atoms with Gasteiger partial charge in [-0.3, -0.25) is 4.68 Å². The van der Waals surface area contributed by atoms with E-state index in [0.29, 0.717) is 0 Å². The van der Waals surface area contributed by atoms with Crippen LogP contribution >= 0.6 is 0 Å². The van der Waals surface area contributed by atoms with Gasteiger partial charge in [-0.1, -0.05) is 6.08 Å². The van der Waals surface area contributed by atoms with E-state index in [1.807, 2.05) is 38.8 Å². The smallest absolute Gasteiger partial charge is 0.137 e. The summed E-state index contributed by atoms with van der Waals surface area (Å²) in [4.78, 5) is 7.61. The number of fused-ring (bicyclic) bond motifs is 1. The standard InChI is InChI=1S/C15H16N4O/c1-10(3-4-20)11-5-13-14(8-17-15(13)16-6-11)12-7-18-19(2)9-12/h3,5-9,20H,4H2,1-2H3,(H,16,17)/b10-3+. The molecule has 0 fully saturated rings. The quantitative estimate of drug-likeness (QED) is 0.766. The summed E-state index contributed by atoms with van der Waals surface area (Å²) >= 11 is 0. The molecule has 0 saturated carbocycles. The molecule has 0 spiro atoms. The maximum absolute atomic E-state index is 8.99. The number of pyridine rings is 1. The normalized spacial score (nSPS) is 12.2. The van der Waals surface area contributed by atoms with E-state index >= 15 is 0 Å². The number of aliphatic hydroxyl groups excluding tert-OH is 1. The SMILES string of the molecule is C/C(=C\CO)c1cnc2[nH]cc(-c3cnn(C)c3)c2c1. The Morgan fingerprint density at radius 3 is 3.00 bits per heavy atom. The third kappa shape index (κ3) is 2.12. The monoisotopic (exact) mass is 268 g/mol. The first-order chi connectivity index (χ1) is 9.69. The number of rotatable bonds is 3. The molecule has 2 N–H and O–H groups in total. The summed E-state index contributed by atoms with van der Waals surface area (Å²) in [7, 11) is 1.90. The number of H-pyrrole nitrogens is 1. The zero-order valence-electron chi connectivity index (χ0n) is 11.5. The van der Waals surface area contributed by atoms with Gasteiger partial charge in [0, 0.05) is 42.2 Å². The number of aryl methyl sites for hydroxylation is 1. The second kappa shape index (κ2) is 4.94. The fraction of sp³-hybridized carbons (Fsp3) is 0.200. The van der Waals surface area contributed by atoms with Crippen LogP contribution in [0.1, 0.15) is 12.5 Å². The number of hydrogen-bond acceptors (Lipinski definition) is 3. The van der Waals surface area contributed by atoms with Crippen LogP contribution in [0.2, 0.25) is 0 Å². The highest BCUT2D eigenvalue weighted by Gasteiger charge is 2.10.